The van der Waals surface area contributed by atoms with Crippen molar-refractivity contribution in [2.75, 3.05) is 18.0 Å². The van der Waals surface area contributed by atoms with Gasteiger partial charge >= 0.3 is 0 Å². The van der Waals surface area contributed by atoms with E-state index in [4.69, 9.17) is 4.98 Å². The van der Waals surface area contributed by atoms with Gasteiger partial charge in [0.05, 0.1) is 17.1 Å². The lowest BCUT2D eigenvalue weighted by Crippen LogP contribution is -2.23. The summed E-state index contributed by atoms with van der Waals surface area (Å²) >= 11 is 3.44. The number of benzene rings is 2. The number of hydrogen-bond acceptors (Lipinski definition) is 4. The molecule has 3 aromatic rings. The van der Waals surface area contributed by atoms with Gasteiger partial charge in [-0.3, -0.25) is 4.79 Å². The molecule has 0 saturated heterocycles. The molecule has 2 aromatic carbocycles. The van der Waals surface area contributed by atoms with Crippen LogP contribution in [-0.2, 0) is 0 Å². The Kier molecular flexibility index (Phi) is 6.85. The van der Waals surface area contributed by atoms with Crippen molar-refractivity contribution >= 4 is 38.7 Å². The van der Waals surface area contributed by atoms with E-state index in [2.05, 4.69) is 65.8 Å². The lowest BCUT2D eigenvalue weighted by Gasteiger charge is -2.20. The summed E-state index contributed by atoms with van der Waals surface area (Å²) in [6.07, 6.45) is 2.60. The summed E-state index contributed by atoms with van der Waals surface area (Å²) in [7, 11) is 0. The molecule has 0 bridgehead atoms. The molecule has 5 nitrogen and oxygen atoms in total. The van der Waals surface area contributed by atoms with Crippen LogP contribution < -0.4 is 10.5 Å². The molecule has 0 amide bonds. The summed E-state index contributed by atoms with van der Waals surface area (Å²) in [6.45, 7) is 10.4. The van der Waals surface area contributed by atoms with Crippen molar-refractivity contribution in [3.05, 3.63) is 68.7 Å². The number of nitrogens with zero attached hydrogens (tertiary/aromatic N) is 4. The third-order valence-corrected chi connectivity index (χ3v) is 5.72. The van der Waals surface area contributed by atoms with E-state index in [9.17, 15) is 4.79 Å². The second-order valence-corrected chi connectivity index (χ2v) is 7.98. The van der Waals surface area contributed by atoms with Crippen molar-refractivity contribution in [3.63, 3.8) is 0 Å². The molecule has 0 fully saturated rings. The average molecular weight is 455 g/mol. The molecule has 0 aliphatic carbocycles. The van der Waals surface area contributed by atoms with Crippen LogP contribution >= 0.6 is 15.9 Å². The second kappa shape index (κ2) is 9.35. The molecule has 0 saturated carbocycles. The molecule has 1 atom stereocenters. The quantitative estimate of drug-likeness (QED) is 0.448. The van der Waals surface area contributed by atoms with Gasteiger partial charge in [0.2, 0.25) is 0 Å². The number of aromatic nitrogens is 2. The predicted octanol–water partition coefficient (Wildman–Crippen LogP) is 5.40. The first-order chi connectivity index (χ1) is 14.0. The standard InChI is InChI=1S/C23H27BrN4O/c1-5-16(4)22-26-21-13-10-18(24)14-20(21)23(29)28(22)25-15-17-8-11-19(12-9-17)27(6-2)7-3/h8-16H,5-7H2,1-4H3/t16-/m0/s1. The monoisotopic (exact) mass is 454 g/mol. The van der Waals surface area contributed by atoms with E-state index in [1.807, 2.05) is 24.3 Å². The van der Waals surface area contributed by atoms with Gasteiger partial charge in [-0.2, -0.15) is 9.78 Å². The van der Waals surface area contributed by atoms with E-state index < -0.39 is 0 Å². The largest absolute Gasteiger partial charge is 0.372 e. The van der Waals surface area contributed by atoms with E-state index in [1.165, 1.54) is 10.4 Å². The highest BCUT2D eigenvalue weighted by molar-refractivity contribution is 9.10. The molecule has 0 radical (unpaired) electrons. The van der Waals surface area contributed by atoms with Crippen LogP contribution in [0.25, 0.3) is 10.9 Å². The summed E-state index contributed by atoms with van der Waals surface area (Å²) in [5.41, 5.74) is 2.67. The molecule has 0 spiro atoms. The van der Waals surface area contributed by atoms with Crippen molar-refractivity contribution in [3.8, 4) is 0 Å². The molecule has 1 aromatic heterocycles. The van der Waals surface area contributed by atoms with Crippen molar-refractivity contribution in [1.29, 1.82) is 0 Å². The number of rotatable bonds is 7. The third kappa shape index (κ3) is 4.58. The molecule has 6 heteroatoms. The lowest BCUT2D eigenvalue weighted by atomic mass is 10.1. The van der Waals surface area contributed by atoms with Crippen molar-refractivity contribution in [2.45, 2.75) is 40.0 Å². The molecule has 0 unspecified atom stereocenters. The van der Waals surface area contributed by atoms with Crippen LogP contribution in [0, 0.1) is 0 Å². The van der Waals surface area contributed by atoms with Crippen LogP contribution in [0.3, 0.4) is 0 Å². The maximum Gasteiger partial charge on any atom is 0.282 e. The Morgan fingerprint density at radius 1 is 1.14 bits per heavy atom. The van der Waals surface area contributed by atoms with Crippen molar-refractivity contribution < 1.29 is 0 Å². The SMILES string of the molecule is CC[C@H](C)c1nc2ccc(Br)cc2c(=O)n1N=Cc1ccc(N(CC)CC)cc1. The highest BCUT2D eigenvalue weighted by Crippen LogP contribution is 2.21. The highest BCUT2D eigenvalue weighted by atomic mass is 79.9. The van der Waals surface area contributed by atoms with E-state index in [1.54, 1.807) is 12.3 Å². The molecule has 1 heterocycles. The second-order valence-electron chi connectivity index (χ2n) is 7.07. The predicted molar refractivity (Wildman–Crippen MR) is 125 cm³/mol. The van der Waals surface area contributed by atoms with Gasteiger partial charge < -0.3 is 4.90 Å². The zero-order chi connectivity index (χ0) is 21.0. The summed E-state index contributed by atoms with van der Waals surface area (Å²) in [5, 5.41) is 5.08. The van der Waals surface area contributed by atoms with Gasteiger partial charge in [-0.25, -0.2) is 4.98 Å². The van der Waals surface area contributed by atoms with E-state index in [-0.39, 0.29) is 11.5 Å². The minimum Gasteiger partial charge on any atom is -0.372 e. The molecule has 0 N–H and O–H groups in total. The third-order valence-electron chi connectivity index (χ3n) is 5.23. The topological polar surface area (TPSA) is 50.5 Å². The normalized spacial score (nSPS) is 12.6. The van der Waals surface area contributed by atoms with Crippen molar-refractivity contribution in [2.24, 2.45) is 5.10 Å². The molecular formula is C23H27BrN4O. The fourth-order valence-corrected chi connectivity index (χ4v) is 3.62. The fraction of sp³-hybridized carbons (Fsp3) is 0.348. The average Bonchev–Trinajstić information content (AvgIpc) is 2.74. The lowest BCUT2D eigenvalue weighted by molar-refractivity contribution is 0.613. The first-order valence-electron chi connectivity index (χ1n) is 10.1. The molecule has 0 aliphatic rings. The van der Waals surface area contributed by atoms with Crippen LogP contribution in [-0.4, -0.2) is 29.0 Å². The van der Waals surface area contributed by atoms with Gasteiger partial charge in [0, 0.05) is 29.2 Å². The van der Waals surface area contributed by atoms with E-state index in [0.717, 1.165) is 29.5 Å². The van der Waals surface area contributed by atoms with E-state index >= 15 is 0 Å². The zero-order valence-electron chi connectivity index (χ0n) is 17.4. The summed E-state index contributed by atoms with van der Waals surface area (Å²) in [4.78, 5) is 20.2. The maximum absolute atomic E-state index is 13.1. The Bertz CT molecular complexity index is 1070. The summed E-state index contributed by atoms with van der Waals surface area (Å²) in [6, 6.07) is 13.8. The molecule has 0 aliphatic heterocycles. The molecule has 3 rings (SSSR count). The highest BCUT2D eigenvalue weighted by Gasteiger charge is 2.15. The number of hydrogen-bond donors (Lipinski definition) is 0. The fourth-order valence-electron chi connectivity index (χ4n) is 3.26. The first kappa shape index (κ1) is 21.2. The molecular weight excluding hydrogens is 428 g/mol. The van der Waals surface area contributed by atoms with Crippen LogP contribution in [0.1, 0.15) is 51.4 Å². The van der Waals surface area contributed by atoms with Gasteiger partial charge in [-0.1, -0.05) is 41.9 Å². The number of fused-ring (bicyclic) bond motifs is 1. The Labute approximate surface area is 180 Å². The minimum absolute atomic E-state index is 0.123. The van der Waals surface area contributed by atoms with Crippen molar-refractivity contribution in [1.82, 2.24) is 9.66 Å². The van der Waals surface area contributed by atoms with Crippen LogP contribution in [0.15, 0.2) is 56.8 Å². The van der Waals surface area contributed by atoms with E-state index in [0.29, 0.717) is 16.7 Å². The minimum atomic E-state index is -0.150. The first-order valence-corrected chi connectivity index (χ1v) is 10.9. The summed E-state index contributed by atoms with van der Waals surface area (Å²) < 4.78 is 2.30. The van der Waals surface area contributed by atoms with Crippen LogP contribution in [0.2, 0.25) is 0 Å². The molecule has 152 valence electrons. The van der Waals surface area contributed by atoms with Gasteiger partial charge in [0.1, 0.15) is 5.82 Å². The van der Waals surface area contributed by atoms with Gasteiger partial charge in [-0.15, -0.1) is 0 Å². The Morgan fingerprint density at radius 3 is 2.45 bits per heavy atom. The Morgan fingerprint density at radius 2 is 1.83 bits per heavy atom. The van der Waals surface area contributed by atoms with Gasteiger partial charge in [-0.05, 0) is 56.2 Å². The maximum atomic E-state index is 13.1. The number of halogens is 1. The smallest absolute Gasteiger partial charge is 0.282 e. The van der Waals surface area contributed by atoms with Crippen LogP contribution in [0.4, 0.5) is 5.69 Å². The number of anilines is 1. The zero-order valence-corrected chi connectivity index (χ0v) is 19.0. The Hall–Kier alpha value is -2.47. The summed E-state index contributed by atoms with van der Waals surface area (Å²) in [5.74, 6) is 0.807. The van der Waals surface area contributed by atoms with Gasteiger partial charge in [0.15, 0.2) is 0 Å². The Balaban J connectivity index is 2.04. The van der Waals surface area contributed by atoms with Gasteiger partial charge in [0.25, 0.3) is 5.56 Å². The molecule has 29 heavy (non-hydrogen) atoms. The van der Waals surface area contributed by atoms with Crippen LogP contribution in [0.5, 0.6) is 0 Å².